The summed E-state index contributed by atoms with van der Waals surface area (Å²) in [4.78, 5) is 32.2. The van der Waals surface area contributed by atoms with Crippen LogP contribution in [0.2, 0.25) is 5.02 Å². The molecule has 0 unspecified atom stereocenters. The third kappa shape index (κ3) is 4.18. The van der Waals surface area contributed by atoms with Crippen LogP contribution in [0.3, 0.4) is 0 Å². The lowest BCUT2D eigenvalue weighted by atomic mass is 10.2. The van der Waals surface area contributed by atoms with E-state index in [0.29, 0.717) is 48.3 Å². The van der Waals surface area contributed by atoms with E-state index in [2.05, 4.69) is 10.3 Å². The van der Waals surface area contributed by atoms with Crippen LogP contribution in [0.15, 0.2) is 35.1 Å². The van der Waals surface area contributed by atoms with Crippen molar-refractivity contribution in [2.45, 2.75) is 6.92 Å². The first-order chi connectivity index (χ1) is 12.0. The number of nitrogens with zero attached hydrogens (tertiary/aromatic N) is 3. The molecule has 1 saturated heterocycles. The molecule has 1 aromatic heterocycles. The van der Waals surface area contributed by atoms with E-state index in [4.69, 9.17) is 16.0 Å². The van der Waals surface area contributed by atoms with Gasteiger partial charge in [0.2, 0.25) is 5.91 Å². The topological polar surface area (TPSA) is 78.7 Å². The Bertz CT molecular complexity index is 769. The average molecular weight is 363 g/mol. The van der Waals surface area contributed by atoms with Crippen LogP contribution in [-0.2, 0) is 4.79 Å². The SMILES string of the molecule is Cc1ocnc1C(=O)N1CCN(CC(=O)Nc2ccccc2Cl)CC1. The minimum Gasteiger partial charge on any atom is -0.448 e. The highest BCUT2D eigenvalue weighted by molar-refractivity contribution is 6.33. The first kappa shape index (κ1) is 17.4. The van der Waals surface area contributed by atoms with Gasteiger partial charge in [-0.3, -0.25) is 14.5 Å². The van der Waals surface area contributed by atoms with Crippen molar-refractivity contribution in [3.8, 4) is 0 Å². The summed E-state index contributed by atoms with van der Waals surface area (Å²) in [7, 11) is 0. The van der Waals surface area contributed by atoms with Gasteiger partial charge in [-0.1, -0.05) is 23.7 Å². The Hall–Kier alpha value is -2.38. The van der Waals surface area contributed by atoms with E-state index in [-0.39, 0.29) is 18.4 Å². The minimum atomic E-state index is -0.133. The molecule has 0 saturated carbocycles. The highest BCUT2D eigenvalue weighted by Crippen LogP contribution is 2.20. The van der Waals surface area contributed by atoms with Crippen molar-refractivity contribution in [3.63, 3.8) is 0 Å². The van der Waals surface area contributed by atoms with Crippen molar-refractivity contribution in [1.29, 1.82) is 0 Å². The number of aryl methyl sites for hydroxylation is 1. The number of para-hydroxylation sites is 1. The van der Waals surface area contributed by atoms with Crippen molar-refractivity contribution >= 4 is 29.1 Å². The van der Waals surface area contributed by atoms with Crippen LogP contribution in [0.1, 0.15) is 16.2 Å². The van der Waals surface area contributed by atoms with Crippen LogP contribution in [0.4, 0.5) is 5.69 Å². The molecule has 2 amide bonds. The van der Waals surface area contributed by atoms with Crippen LogP contribution < -0.4 is 5.32 Å². The van der Waals surface area contributed by atoms with Crippen LogP contribution in [0, 0.1) is 6.92 Å². The van der Waals surface area contributed by atoms with Gasteiger partial charge in [0.05, 0.1) is 17.3 Å². The predicted octanol–water partition coefficient (Wildman–Crippen LogP) is 2.03. The van der Waals surface area contributed by atoms with Gasteiger partial charge in [0.1, 0.15) is 5.76 Å². The fourth-order valence-corrected chi connectivity index (χ4v) is 2.91. The maximum absolute atomic E-state index is 12.4. The molecule has 0 aliphatic carbocycles. The molecule has 0 atom stereocenters. The summed E-state index contributed by atoms with van der Waals surface area (Å²) in [6.45, 7) is 4.32. The Kier molecular flexibility index (Phi) is 5.35. The van der Waals surface area contributed by atoms with Crippen molar-refractivity contribution in [2.75, 3.05) is 38.0 Å². The zero-order valence-corrected chi connectivity index (χ0v) is 14.6. The molecule has 2 aromatic rings. The summed E-state index contributed by atoms with van der Waals surface area (Å²) >= 11 is 6.04. The number of carbonyl (C=O) groups excluding carboxylic acids is 2. The van der Waals surface area contributed by atoms with E-state index < -0.39 is 0 Å². The number of carbonyl (C=O) groups is 2. The van der Waals surface area contributed by atoms with E-state index in [1.165, 1.54) is 6.39 Å². The Morgan fingerprint density at radius 3 is 2.60 bits per heavy atom. The normalized spacial score (nSPS) is 15.2. The van der Waals surface area contributed by atoms with Gasteiger partial charge in [-0.2, -0.15) is 0 Å². The molecule has 1 N–H and O–H groups in total. The molecule has 1 fully saturated rings. The van der Waals surface area contributed by atoms with E-state index >= 15 is 0 Å². The molecule has 0 radical (unpaired) electrons. The number of piperazine rings is 1. The van der Waals surface area contributed by atoms with Gasteiger partial charge >= 0.3 is 0 Å². The highest BCUT2D eigenvalue weighted by Gasteiger charge is 2.26. The Labute approximate surface area is 150 Å². The molecular weight excluding hydrogens is 344 g/mol. The molecule has 1 aliphatic heterocycles. The number of benzene rings is 1. The lowest BCUT2D eigenvalue weighted by Crippen LogP contribution is -2.50. The second kappa shape index (κ2) is 7.67. The molecule has 2 heterocycles. The number of oxazole rings is 1. The smallest absolute Gasteiger partial charge is 0.276 e. The van der Waals surface area contributed by atoms with Crippen molar-refractivity contribution in [2.24, 2.45) is 0 Å². The van der Waals surface area contributed by atoms with Gasteiger partial charge < -0.3 is 14.6 Å². The van der Waals surface area contributed by atoms with Crippen LogP contribution in [-0.4, -0.2) is 59.3 Å². The Morgan fingerprint density at radius 1 is 1.24 bits per heavy atom. The van der Waals surface area contributed by atoms with E-state index in [1.807, 2.05) is 17.0 Å². The number of nitrogens with one attached hydrogen (secondary N) is 1. The van der Waals surface area contributed by atoms with Gasteiger partial charge in [0, 0.05) is 26.2 Å². The third-order valence-corrected chi connectivity index (χ3v) is 4.45. The third-order valence-electron chi connectivity index (χ3n) is 4.12. The van der Waals surface area contributed by atoms with Gasteiger partial charge in [0.15, 0.2) is 12.1 Å². The molecule has 0 bridgehead atoms. The zero-order chi connectivity index (χ0) is 17.8. The molecule has 3 rings (SSSR count). The van der Waals surface area contributed by atoms with Gasteiger partial charge in [-0.15, -0.1) is 0 Å². The summed E-state index contributed by atoms with van der Waals surface area (Å²) < 4.78 is 5.08. The maximum atomic E-state index is 12.4. The fraction of sp³-hybridized carbons (Fsp3) is 0.353. The minimum absolute atomic E-state index is 0.125. The van der Waals surface area contributed by atoms with Gasteiger partial charge in [-0.25, -0.2) is 4.98 Å². The first-order valence-electron chi connectivity index (χ1n) is 8.00. The summed E-state index contributed by atoms with van der Waals surface area (Å²) in [5, 5.41) is 3.31. The van der Waals surface area contributed by atoms with Crippen LogP contribution >= 0.6 is 11.6 Å². The molecule has 132 valence electrons. The Balaban J connectivity index is 1.49. The number of halogens is 1. The maximum Gasteiger partial charge on any atom is 0.276 e. The number of hydrogen-bond acceptors (Lipinski definition) is 5. The first-order valence-corrected chi connectivity index (χ1v) is 8.38. The van der Waals surface area contributed by atoms with E-state index in [1.54, 1.807) is 24.0 Å². The number of anilines is 1. The van der Waals surface area contributed by atoms with Crippen molar-refractivity contribution < 1.29 is 14.0 Å². The zero-order valence-electron chi connectivity index (χ0n) is 13.9. The lowest BCUT2D eigenvalue weighted by Gasteiger charge is -2.34. The quantitative estimate of drug-likeness (QED) is 0.900. The molecule has 0 spiro atoms. The number of hydrogen-bond donors (Lipinski definition) is 1. The molecular formula is C17H19ClN4O3. The van der Waals surface area contributed by atoms with Crippen LogP contribution in [0.25, 0.3) is 0 Å². The standard InChI is InChI=1S/C17H19ClN4O3/c1-12-16(19-11-25-12)17(24)22-8-6-21(7-9-22)10-15(23)20-14-5-3-2-4-13(14)18/h2-5,11H,6-10H2,1H3,(H,20,23). The van der Waals surface area contributed by atoms with Gasteiger partial charge in [-0.05, 0) is 19.1 Å². The second-order valence-corrected chi connectivity index (χ2v) is 6.26. The highest BCUT2D eigenvalue weighted by atomic mass is 35.5. The fourth-order valence-electron chi connectivity index (χ4n) is 2.72. The van der Waals surface area contributed by atoms with Gasteiger partial charge in [0.25, 0.3) is 5.91 Å². The number of amides is 2. The van der Waals surface area contributed by atoms with Crippen molar-refractivity contribution in [1.82, 2.24) is 14.8 Å². The summed E-state index contributed by atoms with van der Waals surface area (Å²) in [5.74, 6) is 0.262. The molecule has 1 aromatic carbocycles. The number of rotatable bonds is 4. The Morgan fingerprint density at radius 2 is 1.96 bits per heavy atom. The molecule has 25 heavy (non-hydrogen) atoms. The predicted molar refractivity (Wildman–Crippen MR) is 93.7 cm³/mol. The van der Waals surface area contributed by atoms with E-state index in [0.717, 1.165) is 0 Å². The van der Waals surface area contributed by atoms with Crippen molar-refractivity contribution in [3.05, 3.63) is 47.1 Å². The number of aromatic nitrogens is 1. The van der Waals surface area contributed by atoms with E-state index in [9.17, 15) is 9.59 Å². The molecule has 1 aliphatic rings. The monoisotopic (exact) mass is 362 g/mol. The second-order valence-electron chi connectivity index (χ2n) is 5.85. The van der Waals surface area contributed by atoms with Crippen LogP contribution in [0.5, 0.6) is 0 Å². The summed E-state index contributed by atoms with van der Waals surface area (Å²) in [6.07, 6.45) is 1.28. The molecule has 8 heteroatoms. The summed E-state index contributed by atoms with van der Waals surface area (Å²) in [5.41, 5.74) is 0.953. The molecule has 7 nitrogen and oxygen atoms in total. The largest absolute Gasteiger partial charge is 0.448 e. The lowest BCUT2D eigenvalue weighted by molar-refractivity contribution is -0.117. The average Bonchev–Trinajstić information content (AvgIpc) is 3.03. The summed E-state index contributed by atoms with van der Waals surface area (Å²) in [6, 6.07) is 7.12.